The zero-order valence-corrected chi connectivity index (χ0v) is 14.4. The summed E-state index contributed by atoms with van der Waals surface area (Å²) in [6, 6.07) is 0. The molecule has 0 aliphatic heterocycles. The van der Waals surface area contributed by atoms with Crippen molar-refractivity contribution in [3.63, 3.8) is 0 Å². The van der Waals surface area contributed by atoms with Crippen LogP contribution in [0.3, 0.4) is 0 Å². The normalized spacial score (nSPS) is 7.12. The molecule has 15 nitrogen and oxygen atoms in total. The van der Waals surface area contributed by atoms with E-state index in [1.165, 1.54) is 0 Å². The third kappa shape index (κ3) is 156. The van der Waals surface area contributed by atoms with E-state index in [-0.39, 0.29) is 18.6 Å². The Morgan fingerprint density at radius 1 is 0.385 bits per heavy atom. The van der Waals surface area contributed by atoms with Gasteiger partial charge in [0.05, 0.1) is 0 Å². The Bertz CT molecular complexity index is 288. The molecule has 0 rings (SSSR count). The first-order chi connectivity index (χ1) is 11.4. The van der Waals surface area contributed by atoms with E-state index in [4.69, 9.17) is 75.0 Å². The van der Waals surface area contributed by atoms with Crippen LogP contribution >= 0.6 is 0 Å². The van der Waals surface area contributed by atoms with Crippen molar-refractivity contribution >= 4 is 29.8 Å². The molecule has 0 aromatic carbocycles. The molecule has 0 aliphatic rings. The third-order valence-corrected chi connectivity index (χ3v) is 0.676. The maximum absolute atomic E-state index is 9.12. The van der Waals surface area contributed by atoms with Crippen molar-refractivity contribution in [2.24, 2.45) is 0 Å². The number of carboxylic acids is 5. The van der Waals surface area contributed by atoms with Gasteiger partial charge in [0, 0.05) is 18.6 Å². The molecule has 0 spiro atoms. The summed E-state index contributed by atoms with van der Waals surface area (Å²) in [6.07, 6.45) is 0. The van der Waals surface area contributed by atoms with Crippen LogP contribution in [0.1, 0.15) is 0 Å². The van der Waals surface area contributed by atoms with Crippen molar-refractivity contribution in [3.05, 3.63) is 0 Å². The van der Waals surface area contributed by atoms with Gasteiger partial charge in [-0.25, -0.2) is 24.0 Å². The van der Waals surface area contributed by atoms with E-state index in [2.05, 4.69) is 0 Å². The summed E-state index contributed by atoms with van der Waals surface area (Å²) >= 11 is 0. The van der Waals surface area contributed by atoms with Crippen LogP contribution in [0.15, 0.2) is 0 Å². The standard InChI is InChI=1S/5C2H4O3.V/c5*3-1-2(4)5;/h5*3H,1H2,(H,4,5);. The fourth-order valence-electron chi connectivity index (χ4n) is 0. The monoisotopic (exact) mass is 431 g/mol. The van der Waals surface area contributed by atoms with Gasteiger partial charge in [-0.15, -0.1) is 0 Å². The van der Waals surface area contributed by atoms with E-state index in [1.807, 2.05) is 0 Å². The van der Waals surface area contributed by atoms with E-state index in [0.717, 1.165) is 0 Å². The fraction of sp³-hybridized carbons (Fsp3) is 0.500. The summed E-state index contributed by atoms with van der Waals surface area (Å²) in [4.78, 5) is 45.6. The molecule has 0 unspecified atom stereocenters. The first kappa shape index (κ1) is 39.0. The van der Waals surface area contributed by atoms with E-state index in [0.29, 0.717) is 0 Å². The van der Waals surface area contributed by atoms with Gasteiger partial charge in [-0.1, -0.05) is 0 Å². The van der Waals surface area contributed by atoms with Gasteiger partial charge in [0.1, 0.15) is 33.0 Å². The first-order valence-electron chi connectivity index (χ1n) is 5.49. The molecule has 0 aliphatic carbocycles. The summed E-state index contributed by atoms with van der Waals surface area (Å²) in [6.45, 7) is -3.89. The van der Waals surface area contributed by atoms with Gasteiger partial charge in [0.15, 0.2) is 0 Å². The summed E-state index contributed by atoms with van der Waals surface area (Å²) in [5.41, 5.74) is 0. The van der Waals surface area contributed by atoms with E-state index >= 15 is 0 Å². The average Bonchev–Trinajstić information content (AvgIpc) is 2.56. The zero-order chi connectivity index (χ0) is 21.4. The molecule has 0 fully saturated rings. The number of carboxylic acid groups (broad SMARTS) is 5. The molecule has 10 N–H and O–H groups in total. The Hall–Kier alpha value is -2.27. The maximum Gasteiger partial charge on any atom is 0.329 e. The van der Waals surface area contributed by atoms with Crippen molar-refractivity contribution in [1.29, 1.82) is 0 Å². The molecular formula is C10H20O15V. The minimum absolute atomic E-state index is 0. The Morgan fingerprint density at radius 3 is 0.423 bits per heavy atom. The Balaban J connectivity index is -0.0000000476. The predicted molar refractivity (Wildman–Crippen MR) is 73.6 cm³/mol. The largest absolute Gasteiger partial charge is 0.480 e. The average molecular weight is 431 g/mol. The zero-order valence-electron chi connectivity index (χ0n) is 13.0. The number of rotatable bonds is 5. The van der Waals surface area contributed by atoms with Crippen molar-refractivity contribution in [1.82, 2.24) is 0 Å². The van der Waals surface area contributed by atoms with Crippen molar-refractivity contribution in [2.75, 3.05) is 33.0 Å². The molecule has 0 atom stereocenters. The van der Waals surface area contributed by atoms with Crippen molar-refractivity contribution in [3.8, 4) is 0 Å². The van der Waals surface area contributed by atoms with Crippen LogP contribution in [0.4, 0.5) is 0 Å². The Labute approximate surface area is 157 Å². The smallest absolute Gasteiger partial charge is 0.329 e. The fourth-order valence-corrected chi connectivity index (χ4v) is 0. The van der Waals surface area contributed by atoms with Crippen LogP contribution in [0.2, 0.25) is 0 Å². The predicted octanol–water partition coefficient (Wildman–Crippen LogP) is -4.69. The summed E-state index contributed by atoms with van der Waals surface area (Å²) in [5, 5.41) is 75.1. The van der Waals surface area contributed by atoms with Gasteiger partial charge in [0.2, 0.25) is 0 Å². The van der Waals surface area contributed by atoms with Gasteiger partial charge < -0.3 is 51.1 Å². The Morgan fingerprint density at radius 2 is 0.423 bits per heavy atom. The molecule has 155 valence electrons. The van der Waals surface area contributed by atoms with Gasteiger partial charge in [-0.2, -0.15) is 0 Å². The SMILES string of the molecule is O=C(O)CO.O=C(O)CO.O=C(O)CO.O=C(O)CO.O=C(O)CO.[V]. The van der Waals surface area contributed by atoms with Crippen LogP contribution < -0.4 is 0 Å². The topological polar surface area (TPSA) is 288 Å². The minimum atomic E-state index is -1.19. The minimum Gasteiger partial charge on any atom is -0.480 e. The second-order valence-electron chi connectivity index (χ2n) is 2.76. The molecule has 0 aromatic heterocycles. The van der Waals surface area contributed by atoms with E-state index in [1.54, 1.807) is 0 Å². The van der Waals surface area contributed by atoms with Gasteiger partial charge >= 0.3 is 29.8 Å². The second kappa shape index (κ2) is 34.1. The number of hydrogen-bond acceptors (Lipinski definition) is 10. The molecule has 0 saturated heterocycles. The summed E-state index contributed by atoms with van der Waals surface area (Å²) in [7, 11) is 0. The van der Waals surface area contributed by atoms with Crippen molar-refractivity contribution in [2.45, 2.75) is 0 Å². The van der Waals surface area contributed by atoms with Crippen LogP contribution in [-0.2, 0) is 42.5 Å². The molecular weight excluding hydrogens is 411 g/mol. The molecule has 26 heavy (non-hydrogen) atoms. The molecule has 0 saturated carbocycles. The van der Waals surface area contributed by atoms with Gasteiger partial charge in [0.25, 0.3) is 0 Å². The van der Waals surface area contributed by atoms with Crippen LogP contribution in [0, 0.1) is 0 Å². The first-order valence-corrected chi connectivity index (χ1v) is 5.49. The quantitative estimate of drug-likeness (QED) is 0.196. The number of aliphatic hydroxyl groups excluding tert-OH is 5. The number of aliphatic hydroxyl groups is 5. The maximum atomic E-state index is 9.12. The van der Waals surface area contributed by atoms with E-state index in [9.17, 15) is 0 Å². The Kier molecular flexibility index (Phi) is 51.2. The molecule has 0 bridgehead atoms. The van der Waals surface area contributed by atoms with Crippen LogP contribution in [0.25, 0.3) is 0 Å². The second-order valence-corrected chi connectivity index (χ2v) is 2.76. The number of hydrogen-bond donors (Lipinski definition) is 10. The van der Waals surface area contributed by atoms with Crippen LogP contribution in [0.5, 0.6) is 0 Å². The number of aliphatic carboxylic acids is 5. The van der Waals surface area contributed by atoms with Gasteiger partial charge in [-0.05, 0) is 0 Å². The van der Waals surface area contributed by atoms with Crippen molar-refractivity contribution < 1.29 is 93.6 Å². The molecule has 0 amide bonds. The van der Waals surface area contributed by atoms with E-state index < -0.39 is 62.9 Å². The molecule has 16 heteroatoms. The summed E-state index contributed by atoms with van der Waals surface area (Å²) < 4.78 is 0. The molecule has 0 aromatic rings. The molecule has 1 radical (unpaired) electrons. The van der Waals surface area contributed by atoms with Gasteiger partial charge in [-0.3, -0.25) is 0 Å². The van der Waals surface area contributed by atoms with Crippen LogP contribution in [-0.4, -0.2) is 114 Å². The molecule has 0 heterocycles. The third-order valence-electron chi connectivity index (χ3n) is 0.676. The number of carbonyl (C=O) groups is 5. The summed E-state index contributed by atoms with van der Waals surface area (Å²) in [5.74, 6) is -5.95.